The zero-order valence-corrected chi connectivity index (χ0v) is 18.1. The van der Waals surface area contributed by atoms with E-state index in [0.29, 0.717) is 0 Å². The van der Waals surface area contributed by atoms with Gasteiger partial charge in [-0.3, -0.25) is 9.97 Å². The maximum absolute atomic E-state index is 4.66. The van der Waals surface area contributed by atoms with Crippen LogP contribution in [0.1, 0.15) is 0 Å². The van der Waals surface area contributed by atoms with E-state index < -0.39 is 8.07 Å². The molecule has 0 saturated carbocycles. The van der Waals surface area contributed by atoms with E-state index in [1.807, 2.05) is 6.20 Å². The molecule has 1 heterocycles. The van der Waals surface area contributed by atoms with E-state index in [1.54, 1.807) is 12.4 Å². The highest BCUT2D eigenvalue weighted by Crippen LogP contribution is 2.19. The Hall–Kier alpha value is -3.82. The van der Waals surface area contributed by atoms with Crippen LogP contribution in [-0.2, 0) is 0 Å². The van der Waals surface area contributed by atoms with E-state index in [9.17, 15) is 0 Å². The largest absolute Gasteiger partial charge is 0.261 e. The molecule has 0 amide bonds. The van der Waals surface area contributed by atoms with Crippen molar-refractivity contribution in [2.75, 3.05) is 0 Å². The summed E-state index contributed by atoms with van der Waals surface area (Å²) in [5.41, 5.74) is 2.04. The summed E-state index contributed by atoms with van der Waals surface area (Å²) >= 11 is 0. The van der Waals surface area contributed by atoms with E-state index in [1.165, 1.54) is 20.7 Å². The van der Waals surface area contributed by atoms with E-state index in [4.69, 9.17) is 0 Å². The topological polar surface area (TPSA) is 25.8 Å². The zero-order valence-electron chi connectivity index (χ0n) is 17.1. The molecule has 0 fully saturated rings. The van der Waals surface area contributed by atoms with Crippen molar-refractivity contribution < 1.29 is 0 Å². The van der Waals surface area contributed by atoms with Crippen molar-refractivity contribution in [3.8, 4) is 11.3 Å². The number of hydrogen-bond acceptors (Lipinski definition) is 2. The second kappa shape index (κ2) is 8.50. The Morgan fingerprint density at radius 2 is 0.968 bits per heavy atom. The molecule has 31 heavy (non-hydrogen) atoms. The van der Waals surface area contributed by atoms with Gasteiger partial charge in [0.25, 0.3) is 0 Å². The van der Waals surface area contributed by atoms with Gasteiger partial charge in [0.05, 0.1) is 11.9 Å². The summed E-state index contributed by atoms with van der Waals surface area (Å²) in [5.74, 6) is 0. The van der Waals surface area contributed by atoms with Crippen LogP contribution in [0.2, 0.25) is 0 Å². The molecule has 0 radical (unpaired) electrons. The van der Waals surface area contributed by atoms with Crippen LogP contribution in [0.3, 0.4) is 0 Å². The Kier molecular flexibility index (Phi) is 5.25. The maximum atomic E-state index is 4.66. The molecule has 0 unspecified atom stereocenters. The fraction of sp³-hybridized carbons (Fsp3) is 0. The van der Waals surface area contributed by atoms with Crippen LogP contribution >= 0.6 is 0 Å². The lowest BCUT2D eigenvalue weighted by atomic mass is 10.1. The van der Waals surface area contributed by atoms with Crippen LogP contribution < -0.4 is 20.7 Å². The lowest BCUT2D eigenvalue weighted by Gasteiger charge is -2.35. The zero-order chi connectivity index (χ0) is 20.9. The first-order valence-electron chi connectivity index (χ1n) is 10.4. The molecular formula is C28H22N2Si. The van der Waals surface area contributed by atoms with Gasteiger partial charge in [-0.15, -0.1) is 0 Å². The quantitative estimate of drug-likeness (QED) is 0.325. The summed E-state index contributed by atoms with van der Waals surface area (Å²) < 4.78 is 0. The van der Waals surface area contributed by atoms with Crippen molar-refractivity contribution in [1.29, 1.82) is 0 Å². The monoisotopic (exact) mass is 414 g/mol. The van der Waals surface area contributed by atoms with Gasteiger partial charge in [0, 0.05) is 18.0 Å². The van der Waals surface area contributed by atoms with Crippen LogP contribution in [0.5, 0.6) is 0 Å². The summed E-state index contributed by atoms with van der Waals surface area (Å²) in [6.45, 7) is 0. The van der Waals surface area contributed by atoms with Crippen molar-refractivity contribution in [1.82, 2.24) is 9.97 Å². The second-order valence-electron chi connectivity index (χ2n) is 7.48. The first kappa shape index (κ1) is 19.2. The summed E-state index contributed by atoms with van der Waals surface area (Å²) in [5, 5.41) is 5.37. The fourth-order valence-electron chi connectivity index (χ4n) is 4.50. The Balaban J connectivity index is 1.94. The van der Waals surface area contributed by atoms with Crippen LogP contribution in [0.15, 0.2) is 134 Å². The third-order valence-corrected chi connectivity index (χ3v) is 10.6. The van der Waals surface area contributed by atoms with Crippen molar-refractivity contribution in [3.05, 3.63) is 134 Å². The van der Waals surface area contributed by atoms with Crippen molar-refractivity contribution in [2.24, 2.45) is 0 Å². The normalized spacial score (nSPS) is 11.2. The molecule has 4 aromatic carbocycles. The van der Waals surface area contributed by atoms with E-state index in [2.05, 4.69) is 125 Å². The lowest BCUT2D eigenvalue weighted by Crippen LogP contribution is -2.75. The number of hydrogen-bond donors (Lipinski definition) is 0. The van der Waals surface area contributed by atoms with Crippen LogP contribution in [-0.4, -0.2) is 18.0 Å². The molecule has 1 aromatic heterocycles. The predicted octanol–water partition coefficient (Wildman–Crippen LogP) is 3.52. The molecule has 0 aliphatic carbocycles. The van der Waals surface area contributed by atoms with Gasteiger partial charge in [0.15, 0.2) is 8.07 Å². The molecule has 148 valence electrons. The van der Waals surface area contributed by atoms with Gasteiger partial charge in [0.2, 0.25) is 0 Å². The highest BCUT2D eigenvalue weighted by molar-refractivity contribution is 7.20. The van der Waals surface area contributed by atoms with Crippen LogP contribution in [0, 0.1) is 0 Å². The van der Waals surface area contributed by atoms with Crippen molar-refractivity contribution in [3.63, 3.8) is 0 Å². The van der Waals surface area contributed by atoms with E-state index in [-0.39, 0.29) is 0 Å². The first-order valence-corrected chi connectivity index (χ1v) is 12.4. The summed E-state index contributed by atoms with van der Waals surface area (Å²) in [6.07, 6.45) is 5.35. The maximum Gasteiger partial charge on any atom is 0.180 e. The van der Waals surface area contributed by atoms with E-state index in [0.717, 1.165) is 11.3 Å². The molecule has 0 N–H and O–H groups in total. The molecule has 0 bridgehead atoms. The van der Waals surface area contributed by atoms with Crippen molar-refractivity contribution in [2.45, 2.75) is 0 Å². The highest BCUT2D eigenvalue weighted by atomic mass is 28.3. The minimum Gasteiger partial charge on any atom is -0.261 e. The average molecular weight is 415 g/mol. The van der Waals surface area contributed by atoms with Gasteiger partial charge in [-0.05, 0) is 20.7 Å². The molecule has 0 atom stereocenters. The molecular weight excluding hydrogens is 392 g/mol. The van der Waals surface area contributed by atoms with Gasteiger partial charge in [-0.2, -0.15) is 0 Å². The molecule has 0 saturated heterocycles. The number of rotatable bonds is 5. The smallest absolute Gasteiger partial charge is 0.180 e. The molecule has 5 aromatic rings. The third kappa shape index (κ3) is 3.39. The lowest BCUT2D eigenvalue weighted by molar-refractivity contribution is 1.21. The van der Waals surface area contributed by atoms with Gasteiger partial charge in [-0.1, -0.05) is 115 Å². The van der Waals surface area contributed by atoms with Gasteiger partial charge in [-0.25, -0.2) is 0 Å². The standard InChI is InChI=1S/C28H22N2Si/c1-4-12-23(13-5-1)31(24-14-6-2-7-15-24,25-16-8-3-9-17-25)28-19-11-10-18-26(28)27-22-29-20-21-30-27/h1-22H. The van der Waals surface area contributed by atoms with Gasteiger partial charge in [0.1, 0.15) is 0 Å². The Bertz CT molecular complexity index is 1160. The van der Waals surface area contributed by atoms with Crippen LogP contribution in [0.25, 0.3) is 11.3 Å². The minimum atomic E-state index is -2.60. The Morgan fingerprint density at radius 3 is 1.45 bits per heavy atom. The fourth-order valence-corrected chi connectivity index (χ4v) is 9.47. The molecule has 0 aliphatic rings. The number of benzene rings is 4. The second-order valence-corrected chi connectivity index (χ2v) is 11.3. The van der Waals surface area contributed by atoms with Gasteiger partial charge >= 0.3 is 0 Å². The Morgan fingerprint density at radius 1 is 0.484 bits per heavy atom. The van der Waals surface area contributed by atoms with Crippen LogP contribution in [0.4, 0.5) is 0 Å². The summed E-state index contributed by atoms with van der Waals surface area (Å²) in [6, 6.07) is 41.5. The SMILES string of the molecule is c1ccc([Si](c2ccccc2)(c2ccccc2)c2ccccc2-c2cnccn2)cc1. The molecule has 0 aliphatic heterocycles. The highest BCUT2D eigenvalue weighted by Gasteiger charge is 2.42. The molecule has 2 nitrogen and oxygen atoms in total. The molecule has 0 spiro atoms. The summed E-state index contributed by atoms with van der Waals surface area (Å²) in [4.78, 5) is 9.02. The first-order chi connectivity index (χ1) is 15.4. The van der Waals surface area contributed by atoms with Gasteiger partial charge < -0.3 is 0 Å². The van der Waals surface area contributed by atoms with E-state index >= 15 is 0 Å². The third-order valence-electron chi connectivity index (χ3n) is 5.79. The number of nitrogens with zero attached hydrogens (tertiary/aromatic N) is 2. The number of aromatic nitrogens is 2. The predicted molar refractivity (Wildman–Crippen MR) is 131 cm³/mol. The molecule has 5 rings (SSSR count). The average Bonchev–Trinajstić information content (AvgIpc) is 2.87. The summed E-state index contributed by atoms with van der Waals surface area (Å²) in [7, 11) is -2.60. The van der Waals surface area contributed by atoms with Crippen molar-refractivity contribution >= 4 is 28.8 Å². The minimum absolute atomic E-state index is 0.901. The molecule has 3 heteroatoms. The Labute approximate surface area is 183 Å².